The standard InChI is InChI=1S/C8H14O8/c9-4(10)2-15-1-3-5(11)6(12)7(13)8(14)16-3/h3,5-8,11-14H,1-2H2,(H,9,10)/t3?,5-,6+,7?,8-/m1/s1. The maximum absolute atomic E-state index is 10.1. The second-order valence-electron chi connectivity index (χ2n) is 3.45. The van der Waals surface area contributed by atoms with E-state index in [-0.39, 0.29) is 6.61 Å². The first-order valence-electron chi connectivity index (χ1n) is 4.60. The molecule has 8 nitrogen and oxygen atoms in total. The Morgan fingerprint density at radius 2 is 1.75 bits per heavy atom. The molecule has 1 aliphatic rings. The van der Waals surface area contributed by atoms with Crippen molar-refractivity contribution < 1.29 is 39.8 Å². The van der Waals surface area contributed by atoms with Crippen LogP contribution in [0, 0.1) is 0 Å². The topological polar surface area (TPSA) is 137 Å². The van der Waals surface area contributed by atoms with Gasteiger partial charge in [-0.1, -0.05) is 0 Å². The summed E-state index contributed by atoms with van der Waals surface area (Å²) in [4.78, 5) is 10.1. The largest absolute Gasteiger partial charge is 0.480 e. The van der Waals surface area contributed by atoms with Crippen molar-refractivity contribution in [3.63, 3.8) is 0 Å². The van der Waals surface area contributed by atoms with Crippen LogP contribution in [0.1, 0.15) is 0 Å². The van der Waals surface area contributed by atoms with Crippen LogP contribution in [0.2, 0.25) is 0 Å². The lowest BCUT2D eigenvalue weighted by atomic mass is 9.99. The van der Waals surface area contributed by atoms with Crippen LogP contribution in [0.4, 0.5) is 0 Å². The summed E-state index contributed by atoms with van der Waals surface area (Å²) in [6.45, 7) is -0.893. The Morgan fingerprint density at radius 3 is 2.31 bits per heavy atom. The van der Waals surface area contributed by atoms with Gasteiger partial charge in [0.1, 0.15) is 31.0 Å². The zero-order valence-electron chi connectivity index (χ0n) is 8.26. The van der Waals surface area contributed by atoms with E-state index in [0.717, 1.165) is 0 Å². The van der Waals surface area contributed by atoms with Crippen molar-refractivity contribution >= 4 is 5.97 Å². The summed E-state index contributed by atoms with van der Waals surface area (Å²) in [5.41, 5.74) is 0. The molecule has 94 valence electrons. The molecular formula is C8H14O8. The average Bonchev–Trinajstić information content (AvgIpc) is 2.22. The number of aliphatic carboxylic acids is 1. The molecule has 1 fully saturated rings. The second kappa shape index (κ2) is 5.53. The fraction of sp³-hybridized carbons (Fsp3) is 0.875. The molecule has 1 saturated heterocycles. The van der Waals surface area contributed by atoms with Crippen LogP contribution >= 0.6 is 0 Å². The highest BCUT2D eigenvalue weighted by atomic mass is 16.6. The summed E-state index contributed by atoms with van der Waals surface area (Å²) in [5, 5.41) is 45.2. The minimum atomic E-state index is -1.64. The van der Waals surface area contributed by atoms with E-state index in [0.29, 0.717) is 0 Å². The zero-order valence-corrected chi connectivity index (χ0v) is 8.26. The average molecular weight is 238 g/mol. The molecular weight excluding hydrogens is 224 g/mol. The van der Waals surface area contributed by atoms with Crippen molar-refractivity contribution in [1.82, 2.24) is 0 Å². The predicted molar refractivity (Wildman–Crippen MR) is 47.4 cm³/mol. The Hall–Kier alpha value is -0.770. The van der Waals surface area contributed by atoms with Gasteiger partial charge in [-0.25, -0.2) is 4.79 Å². The number of carboxylic acids is 1. The van der Waals surface area contributed by atoms with Crippen LogP contribution in [-0.4, -0.2) is 75.4 Å². The second-order valence-corrected chi connectivity index (χ2v) is 3.45. The zero-order chi connectivity index (χ0) is 12.3. The highest BCUT2D eigenvalue weighted by Crippen LogP contribution is 2.19. The third kappa shape index (κ3) is 3.11. The van der Waals surface area contributed by atoms with Gasteiger partial charge in [0.05, 0.1) is 6.61 Å². The summed E-state index contributed by atoms with van der Waals surface area (Å²) in [5.74, 6) is -1.19. The van der Waals surface area contributed by atoms with Crippen molar-refractivity contribution in [3.8, 4) is 0 Å². The fourth-order valence-corrected chi connectivity index (χ4v) is 1.33. The molecule has 1 aliphatic heterocycles. The SMILES string of the molecule is O=C(O)COCC1O[C@@H](O)C(O)[C@@H](O)[C@@H]1O. The van der Waals surface area contributed by atoms with Gasteiger partial charge in [0.25, 0.3) is 0 Å². The van der Waals surface area contributed by atoms with Crippen molar-refractivity contribution in [2.24, 2.45) is 0 Å². The van der Waals surface area contributed by atoms with E-state index in [9.17, 15) is 15.0 Å². The molecule has 5 N–H and O–H groups in total. The molecule has 0 aromatic heterocycles. The third-order valence-corrected chi connectivity index (χ3v) is 2.19. The van der Waals surface area contributed by atoms with E-state index in [2.05, 4.69) is 4.74 Å². The number of hydrogen-bond acceptors (Lipinski definition) is 7. The van der Waals surface area contributed by atoms with Crippen LogP contribution < -0.4 is 0 Å². The van der Waals surface area contributed by atoms with Gasteiger partial charge in [0.15, 0.2) is 6.29 Å². The Morgan fingerprint density at radius 1 is 1.12 bits per heavy atom. The van der Waals surface area contributed by atoms with E-state index in [1.54, 1.807) is 0 Å². The van der Waals surface area contributed by atoms with Gasteiger partial charge < -0.3 is 35.0 Å². The molecule has 16 heavy (non-hydrogen) atoms. The summed E-state index contributed by atoms with van der Waals surface area (Å²) < 4.78 is 9.39. The molecule has 8 heteroatoms. The predicted octanol–water partition coefficient (Wildman–Crippen LogP) is -3.11. The van der Waals surface area contributed by atoms with Gasteiger partial charge in [0, 0.05) is 0 Å². The molecule has 0 saturated carbocycles. The Bertz CT molecular complexity index is 244. The van der Waals surface area contributed by atoms with Crippen molar-refractivity contribution in [2.75, 3.05) is 13.2 Å². The fourth-order valence-electron chi connectivity index (χ4n) is 1.33. The molecule has 0 aromatic carbocycles. The first kappa shape index (κ1) is 13.3. The third-order valence-electron chi connectivity index (χ3n) is 2.19. The summed E-state index contributed by atoms with van der Waals surface area (Å²) in [6.07, 6.45) is -7.36. The van der Waals surface area contributed by atoms with E-state index in [1.165, 1.54) is 0 Å². The number of rotatable bonds is 4. The molecule has 0 amide bonds. The molecule has 5 atom stereocenters. The smallest absolute Gasteiger partial charge is 0.329 e. The lowest BCUT2D eigenvalue weighted by Gasteiger charge is -2.38. The molecule has 0 spiro atoms. The van der Waals surface area contributed by atoms with Crippen molar-refractivity contribution in [3.05, 3.63) is 0 Å². The van der Waals surface area contributed by atoms with Gasteiger partial charge in [-0.15, -0.1) is 0 Å². The molecule has 1 rings (SSSR count). The van der Waals surface area contributed by atoms with Gasteiger partial charge >= 0.3 is 5.97 Å². The highest BCUT2D eigenvalue weighted by molar-refractivity contribution is 5.67. The quantitative estimate of drug-likeness (QED) is 0.347. The van der Waals surface area contributed by atoms with Crippen LogP contribution in [0.15, 0.2) is 0 Å². The monoisotopic (exact) mass is 238 g/mol. The molecule has 2 unspecified atom stereocenters. The molecule has 0 aliphatic carbocycles. The van der Waals surface area contributed by atoms with E-state index in [4.69, 9.17) is 20.1 Å². The number of aliphatic hydroxyl groups is 4. The lowest BCUT2D eigenvalue weighted by Crippen LogP contribution is -2.58. The summed E-state index contributed by atoms with van der Waals surface area (Å²) >= 11 is 0. The molecule has 0 bridgehead atoms. The maximum atomic E-state index is 10.1. The van der Waals surface area contributed by atoms with E-state index in [1.807, 2.05) is 0 Å². The molecule has 1 heterocycles. The minimum Gasteiger partial charge on any atom is -0.480 e. The van der Waals surface area contributed by atoms with Crippen LogP contribution in [0.5, 0.6) is 0 Å². The van der Waals surface area contributed by atoms with Crippen LogP contribution in [-0.2, 0) is 14.3 Å². The van der Waals surface area contributed by atoms with E-state index >= 15 is 0 Å². The lowest BCUT2D eigenvalue weighted by molar-refractivity contribution is -0.288. The first-order valence-corrected chi connectivity index (χ1v) is 4.60. The Labute approximate surface area is 90.6 Å². The van der Waals surface area contributed by atoms with Crippen molar-refractivity contribution in [2.45, 2.75) is 30.7 Å². The van der Waals surface area contributed by atoms with Crippen LogP contribution in [0.25, 0.3) is 0 Å². The normalized spacial score (nSPS) is 39.6. The summed E-state index contributed by atoms with van der Waals surface area (Å²) in [7, 11) is 0. The number of hydrogen-bond donors (Lipinski definition) is 5. The minimum absolute atomic E-state index is 0.311. The number of aliphatic hydroxyl groups excluding tert-OH is 4. The van der Waals surface area contributed by atoms with E-state index < -0.39 is 43.3 Å². The van der Waals surface area contributed by atoms with Gasteiger partial charge in [0.2, 0.25) is 0 Å². The highest BCUT2D eigenvalue weighted by Gasteiger charge is 2.42. The van der Waals surface area contributed by atoms with Gasteiger partial charge in [-0.2, -0.15) is 0 Å². The Kier molecular flexibility index (Phi) is 4.59. The summed E-state index contributed by atoms with van der Waals surface area (Å²) in [6, 6.07) is 0. The number of carboxylic acid groups (broad SMARTS) is 1. The van der Waals surface area contributed by atoms with Gasteiger partial charge in [-0.3, -0.25) is 0 Å². The van der Waals surface area contributed by atoms with Gasteiger partial charge in [-0.05, 0) is 0 Å². The molecule has 0 radical (unpaired) electrons. The maximum Gasteiger partial charge on any atom is 0.329 e. The van der Waals surface area contributed by atoms with Crippen LogP contribution in [0.3, 0.4) is 0 Å². The number of carbonyl (C=O) groups is 1. The molecule has 0 aromatic rings. The van der Waals surface area contributed by atoms with Crippen molar-refractivity contribution in [1.29, 1.82) is 0 Å². The number of ether oxygens (including phenoxy) is 2. The first-order chi connectivity index (χ1) is 7.43. The Balaban J connectivity index is 2.44.